The van der Waals surface area contributed by atoms with Crippen LogP contribution in [0.1, 0.15) is 18.4 Å². The normalized spacial score (nSPS) is 15.5. The van der Waals surface area contributed by atoms with E-state index in [1.54, 1.807) is 36.4 Å². The van der Waals surface area contributed by atoms with Gasteiger partial charge in [0.2, 0.25) is 12.7 Å². The molecule has 1 fully saturated rings. The van der Waals surface area contributed by atoms with Crippen LogP contribution in [0.5, 0.6) is 17.2 Å². The Morgan fingerprint density at radius 1 is 1.00 bits per heavy atom. The Labute approximate surface area is 172 Å². The Bertz CT molecular complexity index is 1130. The number of hydrogen-bond donors (Lipinski definition) is 2. The van der Waals surface area contributed by atoms with Gasteiger partial charge >= 0.3 is 0 Å². The van der Waals surface area contributed by atoms with Crippen LogP contribution in [0.2, 0.25) is 0 Å². The second-order valence-corrected chi connectivity index (χ2v) is 7.44. The molecule has 1 aliphatic carbocycles. The number of nitrogens with two attached hydrogens (primary N) is 1. The molecule has 0 bridgehead atoms. The molecule has 1 aliphatic heterocycles. The number of ether oxygens (including phenoxy) is 2. The van der Waals surface area contributed by atoms with Crippen molar-refractivity contribution in [2.45, 2.75) is 18.3 Å². The summed E-state index contributed by atoms with van der Waals surface area (Å²) in [7, 11) is 0. The van der Waals surface area contributed by atoms with Gasteiger partial charge in [-0.2, -0.15) is 5.90 Å². The zero-order chi connectivity index (χ0) is 20.7. The maximum Gasteiger partial charge on any atom is 0.235 e. The minimum Gasteiger partial charge on any atom is -0.454 e. The topological polar surface area (TPSA) is 82.8 Å². The fourth-order valence-electron chi connectivity index (χ4n) is 3.75. The highest BCUT2D eigenvalue weighted by molar-refractivity contribution is 6.01. The van der Waals surface area contributed by atoms with Gasteiger partial charge in [0.05, 0.1) is 5.41 Å². The Kier molecular flexibility index (Phi) is 4.33. The van der Waals surface area contributed by atoms with E-state index in [0.717, 1.165) is 18.4 Å². The van der Waals surface area contributed by atoms with Gasteiger partial charge in [0, 0.05) is 11.3 Å². The smallest absolute Gasteiger partial charge is 0.235 e. The van der Waals surface area contributed by atoms with E-state index >= 15 is 0 Å². The third-order valence-corrected chi connectivity index (χ3v) is 5.64. The van der Waals surface area contributed by atoms with Crippen molar-refractivity contribution in [3.8, 4) is 28.4 Å². The summed E-state index contributed by atoms with van der Waals surface area (Å²) < 4.78 is 25.2. The maximum absolute atomic E-state index is 14.4. The molecule has 5 rings (SSSR count). The lowest BCUT2D eigenvalue weighted by atomic mass is 9.94. The Morgan fingerprint density at radius 3 is 2.50 bits per heavy atom. The molecule has 0 unspecified atom stereocenters. The van der Waals surface area contributed by atoms with Crippen molar-refractivity contribution in [3.05, 3.63) is 72.0 Å². The minimum absolute atomic E-state index is 0.120. The highest BCUT2D eigenvalue weighted by Crippen LogP contribution is 2.51. The van der Waals surface area contributed by atoms with Gasteiger partial charge in [-0.05, 0) is 66.4 Å². The van der Waals surface area contributed by atoms with Gasteiger partial charge in [-0.3, -0.25) is 4.79 Å². The fourth-order valence-corrected chi connectivity index (χ4v) is 3.75. The summed E-state index contributed by atoms with van der Waals surface area (Å²) in [6.45, 7) is 0.189. The second kappa shape index (κ2) is 7.03. The number of amides is 1. The SMILES string of the molecule is NOc1ccc(-c2cc(NC(=O)C3(c4ccc5c(c4)OCO5)CC3)ccc2F)cc1. The molecular formula is C23H19FN2O4. The molecule has 0 spiro atoms. The lowest BCUT2D eigenvalue weighted by molar-refractivity contribution is -0.118. The first-order valence-corrected chi connectivity index (χ1v) is 9.57. The van der Waals surface area contributed by atoms with Crippen LogP contribution in [0, 0.1) is 5.82 Å². The van der Waals surface area contributed by atoms with Gasteiger partial charge in [-0.25, -0.2) is 4.39 Å². The molecule has 0 saturated heterocycles. The second-order valence-electron chi connectivity index (χ2n) is 7.44. The van der Waals surface area contributed by atoms with Crippen LogP contribution in [-0.4, -0.2) is 12.7 Å². The summed E-state index contributed by atoms with van der Waals surface area (Å²) in [5.41, 5.74) is 1.85. The number of nitrogens with one attached hydrogen (secondary N) is 1. The third kappa shape index (κ3) is 3.13. The van der Waals surface area contributed by atoms with Gasteiger partial charge in [0.1, 0.15) is 11.6 Å². The predicted octanol–water partition coefficient (Wildman–Crippen LogP) is 4.14. The lowest BCUT2D eigenvalue weighted by Gasteiger charge is -2.17. The van der Waals surface area contributed by atoms with E-state index in [-0.39, 0.29) is 18.5 Å². The standard InChI is InChI=1S/C23H19FN2O4/c24-19-7-4-16(12-18(19)14-1-5-17(30-25)6-2-14)26-22(27)23(9-10-23)15-3-8-20-21(11-15)29-13-28-20/h1-8,11-12H,9-10,13,25H2,(H,26,27). The van der Waals surface area contributed by atoms with Crippen molar-refractivity contribution in [1.29, 1.82) is 0 Å². The molecule has 152 valence electrons. The number of carbonyl (C=O) groups is 1. The summed E-state index contributed by atoms with van der Waals surface area (Å²) in [6.07, 6.45) is 1.49. The van der Waals surface area contributed by atoms with E-state index in [9.17, 15) is 9.18 Å². The van der Waals surface area contributed by atoms with Gasteiger partial charge < -0.3 is 19.6 Å². The zero-order valence-electron chi connectivity index (χ0n) is 16.0. The van der Waals surface area contributed by atoms with Gasteiger partial charge in [0.25, 0.3) is 0 Å². The van der Waals surface area contributed by atoms with Crippen molar-refractivity contribution in [1.82, 2.24) is 0 Å². The van der Waals surface area contributed by atoms with Crippen molar-refractivity contribution < 1.29 is 23.5 Å². The first-order valence-electron chi connectivity index (χ1n) is 9.57. The van der Waals surface area contributed by atoms with Crippen molar-refractivity contribution in [2.24, 2.45) is 5.90 Å². The number of anilines is 1. The number of carbonyl (C=O) groups excluding carboxylic acids is 1. The lowest BCUT2D eigenvalue weighted by Crippen LogP contribution is -2.27. The van der Waals surface area contributed by atoms with Gasteiger partial charge in [0.15, 0.2) is 11.5 Å². The Balaban J connectivity index is 1.39. The van der Waals surface area contributed by atoms with Gasteiger partial charge in [-0.15, -0.1) is 0 Å². The molecule has 7 heteroatoms. The average Bonchev–Trinajstić information content (AvgIpc) is 3.46. The highest BCUT2D eigenvalue weighted by atomic mass is 19.1. The molecule has 2 aliphatic rings. The molecular weight excluding hydrogens is 387 g/mol. The first kappa shape index (κ1) is 18.4. The van der Waals surface area contributed by atoms with Crippen molar-refractivity contribution in [3.63, 3.8) is 0 Å². The zero-order valence-corrected chi connectivity index (χ0v) is 16.0. The Hall–Kier alpha value is -3.58. The molecule has 0 aromatic heterocycles. The molecule has 1 heterocycles. The van der Waals surface area contributed by atoms with E-state index in [4.69, 9.17) is 15.4 Å². The maximum atomic E-state index is 14.4. The number of benzene rings is 3. The molecule has 30 heavy (non-hydrogen) atoms. The molecule has 1 amide bonds. The summed E-state index contributed by atoms with van der Waals surface area (Å²) in [5, 5.41) is 2.95. The number of fused-ring (bicyclic) bond motifs is 1. The third-order valence-electron chi connectivity index (χ3n) is 5.64. The van der Waals surface area contributed by atoms with E-state index in [2.05, 4.69) is 10.2 Å². The molecule has 3 N–H and O–H groups in total. The monoisotopic (exact) mass is 406 g/mol. The fraction of sp³-hybridized carbons (Fsp3) is 0.174. The minimum atomic E-state index is -0.602. The van der Waals surface area contributed by atoms with Crippen LogP contribution >= 0.6 is 0 Å². The van der Waals surface area contributed by atoms with Crippen molar-refractivity contribution in [2.75, 3.05) is 12.1 Å². The number of hydrogen-bond acceptors (Lipinski definition) is 5. The molecule has 1 saturated carbocycles. The molecule has 6 nitrogen and oxygen atoms in total. The van der Waals surface area contributed by atoms with Crippen LogP contribution in [0.3, 0.4) is 0 Å². The van der Waals surface area contributed by atoms with E-state index in [1.807, 2.05) is 18.2 Å². The van der Waals surface area contributed by atoms with Crippen LogP contribution < -0.4 is 25.5 Å². The molecule has 3 aromatic rings. The summed E-state index contributed by atoms with van der Waals surface area (Å²) in [4.78, 5) is 17.8. The first-order chi connectivity index (χ1) is 14.6. The summed E-state index contributed by atoms with van der Waals surface area (Å²) >= 11 is 0. The molecule has 3 aromatic carbocycles. The van der Waals surface area contributed by atoms with E-state index in [0.29, 0.717) is 34.1 Å². The largest absolute Gasteiger partial charge is 0.454 e. The molecule has 0 atom stereocenters. The summed E-state index contributed by atoms with van der Waals surface area (Å²) in [5.74, 6) is 6.45. The van der Waals surface area contributed by atoms with Gasteiger partial charge in [-0.1, -0.05) is 18.2 Å². The molecule has 0 radical (unpaired) electrons. The van der Waals surface area contributed by atoms with E-state index < -0.39 is 5.41 Å². The predicted molar refractivity (Wildman–Crippen MR) is 109 cm³/mol. The Morgan fingerprint density at radius 2 is 1.77 bits per heavy atom. The summed E-state index contributed by atoms with van der Waals surface area (Å²) in [6, 6.07) is 16.8. The van der Waals surface area contributed by atoms with E-state index in [1.165, 1.54) is 6.07 Å². The van der Waals surface area contributed by atoms with Crippen LogP contribution in [0.25, 0.3) is 11.1 Å². The van der Waals surface area contributed by atoms with Crippen LogP contribution in [0.15, 0.2) is 60.7 Å². The quantitative estimate of drug-likeness (QED) is 0.622. The average molecular weight is 406 g/mol. The van der Waals surface area contributed by atoms with Crippen molar-refractivity contribution >= 4 is 11.6 Å². The van der Waals surface area contributed by atoms with Crippen LogP contribution in [-0.2, 0) is 10.2 Å². The van der Waals surface area contributed by atoms with Crippen LogP contribution in [0.4, 0.5) is 10.1 Å². The highest BCUT2D eigenvalue weighted by Gasteiger charge is 2.51. The number of rotatable bonds is 5. The number of halogens is 1.